The van der Waals surface area contributed by atoms with Crippen LogP contribution in [0.5, 0.6) is 0 Å². The number of hydrogen-bond acceptors (Lipinski definition) is 3. The number of piperazine rings is 1. The fourth-order valence-corrected chi connectivity index (χ4v) is 5.83. The lowest BCUT2D eigenvalue weighted by molar-refractivity contribution is -0.115. The SMILES string of the molecule is O=C(Cc1cccc2ccccc12)Nc1ccccc1C(=O)N1CCN(C(c2ccccc2)c2ccccc2)CC1. The highest BCUT2D eigenvalue weighted by Crippen LogP contribution is 2.30. The third-order valence-electron chi connectivity index (χ3n) is 7.86. The van der Waals surface area contributed by atoms with Crippen LogP contribution >= 0.6 is 0 Å². The van der Waals surface area contributed by atoms with Gasteiger partial charge in [0.15, 0.2) is 0 Å². The van der Waals surface area contributed by atoms with Gasteiger partial charge in [0, 0.05) is 26.2 Å². The zero-order valence-electron chi connectivity index (χ0n) is 22.9. The number of nitrogens with zero attached hydrogens (tertiary/aromatic N) is 2. The molecule has 2 amide bonds. The van der Waals surface area contributed by atoms with Crippen LogP contribution in [0.3, 0.4) is 0 Å². The molecule has 0 aromatic heterocycles. The van der Waals surface area contributed by atoms with E-state index in [4.69, 9.17) is 0 Å². The second kappa shape index (κ2) is 12.2. The summed E-state index contributed by atoms with van der Waals surface area (Å²) in [5.74, 6) is -0.193. The lowest BCUT2D eigenvalue weighted by atomic mass is 9.96. The van der Waals surface area contributed by atoms with Gasteiger partial charge in [-0.2, -0.15) is 0 Å². The molecule has 204 valence electrons. The fourth-order valence-electron chi connectivity index (χ4n) is 5.83. The average Bonchev–Trinajstić information content (AvgIpc) is 3.03. The third-order valence-corrected chi connectivity index (χ3v) is 7.86. The van der Waals surface area contributed by atoms with Crippen LogP contribution in [-0.2, 0) is 11.2 Å². The Morgan fingerprint density at radius 3 is 1.93 bits per heavy atom. The first kappa shape index (κ1) is 26.5. The molecule has 5 heteroatoms. The second-order valence-corrected chi connectivity index (χ2v) is 10.5. The first-order valence-corrected chi connectivity index (χ1v) is 14.2. The smallest absolute Gasteiger partial charge is 0.256 e. The molecule has 41 heavy (non-hydrogen) atoms. The number of benzene rings is 5. The standard InChI is InChI=1S/C36H33N3O2/c40-34(26-30-18-11-17-27-12-7-8-19-31(27)30)37-33-21-10-9-20-32(33)36(41)39-24-22-38(23-25-39)35(28-13-3-1-4-14-28)29-15-5-2-6-16-29/h1-21,35H,22-26H2,(H,37,40). The summed E-state index contributed by atoms with van der Waals surface area (Å²) in [7, 11) is 0. The highest BCUT2D eigenvalue weighted by atomic mass is 16.2. The van der Waals surface area contributed by atoms with Gasteiger partial charge in [0.1, 0.15) is 0 Å². The Bertz CT molecular complexity index is 1600. The Kier molecular flexibility index (Phi) is 7.88. The summed E-state index contributed by atoms with van der Waals surface area (Å²) < 4.78 is 0. The van der Waals surface area contributed by atoms with Crippen LogP contribution < -0.4 is 5.32 Å². The molecule has 0 saturated carbocycles. The monoisotopic (exact) mass is 539 g/mol. The van der Waals surface area contributed by atoms with Gasteiger partial charge in [0.05, 0.1) is 23.7 Å². The number of hydrogen-bond donors (Lipinski definition) is 1. The van der Waals surface area contributed by atoms with Crippen molar-refractivity contribution in [2.75, 3.05) is 31.5 Å². The van der Waals surface area contributed by atoms with Crippen molar-refractivity contribution in [2.45, 2.75) is 12.5 Å². The number of rotatable bonds is 7. The Labute approximate surface area is 241 Å². The van der Waals surface area contributed by atoms with E-state index in [1.165, 1.54) is 11.1 Å². The maximum absolute atomic E-state index is 13.7. The minimum atomic E-state index is -0.139. The molecule has 5 aromatic carbocycles. The van der Waals surface area contributed by atoms with E-state index < -0.39 is 0 Å². The van der Waals surface area contributed by atoms with Gasteiger partial charge in [0.25, 0.3) is 5.91 Å². The van der Waals surface area contributed by atoms with E-state index >= 15 is 0 Å². The predicted molar refractivity (Wildman–Crippen MR) is 165 cm³/mol. The lowest BCUT2D eigenvalue weighted by Gasteiger charge is -2.40. The molecular weight excluding hydrogens is 506 g/mol. The van der Waals surface area contributed by atoms with Gasteiger partial charge in [-0.1, -0.05) is 115 Å². The average molecular weight is 540 g/mol. The van der Waals surface area contributed by atoms with Crippen molar-refractivity contribution in [1.29, 1.82) is 0 Å². The normalized spacial score (nSPS) is 13.8. The number of carbonyl (C=O) groups is 2. The second-order valence-electron chi connectivity index (χ2n) is 10.5. The minimum Gasteiger partial charge on any atom is -0.336 e. The first-order valence-electron chi connectivity index (χ1n) is 14.2. The Hall–Kier alpha value is -4.74. The molecule has 0 aliphatic carbocycles. The number of anilines is 1. The zero-order chi connectivity index (χ0) is 28.0. The van der Waals surface area contributed by atoms with Gasteiger partial charge in [-0.25, -0.2) is 0 Å². The first-order chi connectivity index (χ1) is 20.2. The van der Waals surface area contributed by atoms with Crippen LogP contribution in [0.25, 0.3) is 10.8 Å². The summed E-state index contributed by atoms with van der Waals surface area (Å²) in [6, 6.07) is 42.6. The maximum Gasteiger partial charge on any atom is 0.256 e. The number of fused-ring (bicyclic) bond motifs is 1. The molecule has 0 radical (unpaired) electrons. The molecule has 1 heterocycles. The van der Waals surface area contributed by atoms with Gasteiger partial charge in [-0.05, 0) is 39.6 Å². The highest BCUT2D eigenvalue weighted by Gasteiger charge is 2.29. The minimum absolute atomic E-state index is 0.0540. The summed E-state index contributed by atoms with van der Waals surface area (Å²) in [5.41, 5.74) is 4.54. The number of amides is 2. The lowest BCUT2D eigenvalue weighted by Crippen LogP contribution is -2.50. The Balaban J connectivity index is 1.15. The van der Waals surface area contributed by atoms with Crippen LogP contribution in [0.15, 0.2) is 127 Å². The van der Waals surface area contributed by atoms with E-state index in [1.54, 1.807) is 6.07 Å². The fraction of sp³-hybridized carbons (Fsp3) is 0.167. The maximum atomic E-state index is 13.7. The molecule has 1 aliphatic heterocycles. The molecule has 1 aliphatic rings. The van der Waals surface area contributed by atoms with E-state index in [-0.39, 0.29) is 24.3 Å². The highest BCUT2D eigenvalue weighted by molar-refractivity contribution is 6.04. The molecule has 0 unspecified atom stereocenters. The van der Waals surface area contributed by atoms with E-state index in [9.17, 15) is 9.59 Å². The van der Waals surface area contributed by atoms with Crippen molar-refractivity contribution in [3.8, 4) is 0 Å². The molecular formula is C36H33N3O2. The van der Waals surface area contributed by atoms with Crippen molar-refractivity contribution in [1.82, 2.24) is 9.80 Å². The Morgan fingerprint density at radius 2 is 1.22 bits per heavy atom. The van der Waals surface area contributed by atoms with Crippen molar-refractivity contribution in [2.24, 2.45) is 0 Å². The van der Waals surface area contributed by atoms with E-state index in [0.29, 0.717) is 24.3 Å². The van der Waals surface area contributed by atoms with E-state index in [0.717, 1.165) is 29.4 Å². The molecule has 6 rings (SSSR count). The number of carbonyl (C=O) groups excluding carboxylic acids is 2. The summed E-state index contributed by atoms with van der Waals surface area (Å²) in [5, 5.41) is 5.19. The molecule has 1 N–H and O–H groups in total. The summed E-state index contributed by atoms with van der Waals surface area (Å²) in [4.78, 5) is 31.2. The van der Waals surface area contributed by atoms with Crippen LogP contribution in [0, 0.1) is 0 Å². The van der Waals surface area contributed by atoms with Crippen molar-refractivity contribution in [3.63, 3.8) is 0 Å². The number of para-hydroxylation sites is 1. The molecule has 5 nitrogen and oxygen atoms in total. The van der Waals surface area contributed by atoms with Crippen LogP contribution in [-0.4, -0.2) is 47.8 Å². The van der Waals surface area contributed by atoms with Gasteiger partial charge in [-0.3, -0.25) is 14.5 Å². The number of nitrogens with one attached hydrogen (secondary N) is 1. The van der Waals surface area contributed by atoms with Crippen LogP contribution in [0.1, 0.15) is 33.1 Å². The Morgan fingerprint density at radius 1 is 0.634 bits per heavy atom. The molecule has 1 fully saturated rings. The van der Waals surface area contributed by atoms with E-state index in [1.807, 2.05) is 77.7 Å². The third kappa shape index (κ3) is 5.91. The molecule has 1 saturated heterocycles. The van der Waals surface area contributed by atoms with Gasteiger partial charge in [-0.15, -0.1) is 0 Å². The topological polar surface area (TPSA) is 52.7 Å². The van der Waals surface area contributed by atoms with Gasteiger partial charge < -0.3 is 10.2 Å². The van der Waals surface area contributed by atoms with Gasteiger partial charge in [0.2, 0.25) is 5.91 Å². The molecule has 0 spiro atoms. The van der Waals surface area contributed by atoms with Crippen LogP contribution in [0.2, 0.25) is 0 Å². The summed E-state index contributed by atoms with van der Waals surface area (Å²) in [6.45, 7) is 2.76. The van der Waals surface area contributed by atoms with Crippen molar-refractivity contribution in [3.05, 3.63) is 150 Å². The predicted octanol–water partition coefficient (Wildman–Crippen LogP) is 6.57. The van der Waals surface area contributed by atoms with Crippen LogP contribution in [0.4, 0.5) is 5.69 Å². The van der Waals surface area contributed by atoms with Gasteiger partial charge >= 0.3 is 0 Å². The van der Waals surface area contributed by atoms with Crippen molar-refractivity contribution >= 4 is 28.3 Å². The summed E-state index contributed by atoms with van der Waals surface area (Å²) >= 11 is 0. The van der Waals surface area contributed by atoms with E-state index in [2.05, 4.69) is 58.7 Å². The largest absolute Gasteiger partial charge is 0.336 e. The molecule has 0 bridgehead atoms. The zero-order valence-corrected chi connectivity index (χ0v) is 22.9. The summed E-state index contributed by atoms with van der Waals surface area (Å²) in [6.07, 6.45) is 0.239. The molecule has 0 atom stereocenters. The van der Waals surface area contributed by atoms with Crippen molar-refractivity contribution < 1.29 is 9.59 Å². The quantitative estimate of drug-likeness (QED) is 0.255. The molecule has 5 aromatic rings.